The normalized spacial score (nSPS) is 21.1. The Morgan fingerprint density at radius 3 is 1.06 bits per heavy atom. The van der Waals surface area contributed by atoms with Crippen LogP contribution in [0.4, 0.5) is 19.2 Å². The second-order valence-corrected chi connectivity index (χ2v) is 30.9. The quantitative estimate of drug-likeness (QED) is 0.0811. The molecule has 6 aliphatic heterocycles. The third-order valence-electron chi connectivity index (χ3n) is 22.8. The molecule has 4 N–H and O–H groups in total. The van der Waals surface area contributed by atoms with Crippen LogP contribution in [-0.2, 0) is 31.9 Å². The first-order valence-electron chi connectivity index (χ1n) is 34.7. The number of ether oxygens (including phenoxy) is 2. The second kappa shape index (κ2) is 23.5. The molecule has 8 amide bonds. The first-order chi connectivity index (χ1) is 47.0. The number of likely N-dealkylation sites (tertiary alicyclic amines) is 2. The number of aromatic nitrogens is 2. The molecule has 8 aliphatic rings. The molecule has 6 aromatic carbocycles. The van der Waals surface area contributed by atoms with E-state index in [4.69, 9.17) is 9.47 Å². The van der Waals surface area contributed by atoms with Gasteiger partial charge in [-0.1, -0.05) is 133 Å². The van der Waals surface area contributed by atoms with Crippen molar-refractivity contribution in [1.29, 1.82) is 0 Å². The molecule has 8 aromatic rings. The molecular weight excluding hydrogens is 1230 g/mol. The van der Waals surface area contributed by atoms with E-state index in [2.05, 4.69) is 134 Å². The summed E-state index contributed by atoms with van der Waals surface area (Å²) in [6.45, 7) is 18.0. The van der Waals surface area contributed by atoms with Gasteiger partial charge in [-0.25, -0.2) is 19.2 Å². The van der Waals surface area contributed by atoms with Crippen LogP contribution in [0.3, 0.4) is 0 Å². The lowest BCUT2D eigenvalue weighted by Crippen LogP contribution is -2.71. The molecule has 2 aromatic heterocycles. The molecule has 6 fully saturated rings. The summed E-state index contributed by atoms with van der Waals surface area (Å²) in [6, 6.07) is 46.2. The van der Waals surface area contributed by atoms with Gasteiger partial charge < -0.3 is 39.9 Å². The lowest BCUT2D eigenvalue weighted by atomic mass is 9.75. The molecule has 506 valence electrons. The molecule has 0 saturated carbocycles. The summed E-state index contributed by atoms with van der Waals surface area (Å²) in [6.07, 6.45) is 4.12. The Morgan fingerprint density at radius 1 is 0.439 bits per heavy atom. The van der Waals surface area contributed by atoms with Gasteiger partial charge in [0.25, 0.3) is 0 Å². The Hall–Kier alpha value is -9.66. The number of hydrogen-bond donors (Lipinski definition) is 4. The summed E-state index contributed by atoms with van der Waals surface area (Å²) < 4.78 is 12.2. The van der Waals surface area contributed by atoms with Gasteiger partial charge in [0.05, 0.1) is 26.7 Å². The zero-order valence-corrected chi connectivity index (χ0v) is 57.0. The smallest absolute Gasteiger partial charge is 0.407 e. The number of benzene rings is 6. The standard InChI is InChI=1S/C78H86N12O8/c1-75(2)35-49(36-76(3,4)89(75)69(91)65(33-47-39-79-63-31-19-17-21-51(47)63)81-71(93)97-41-61-57-27-13-9-23-53(57)54-24-10-14-28-58(54)61)83-43-85-67-68-87(73(85)95)45-84(46-88(68)74(96)86(67)44-83)50-37-77(5,6)90(78(7,8)38-50)70(92)66(34-48-40-80-64-32-20-18-22-52(48)64)82-72(94)98-42-62-59-29-15-11-25-55(59)56-26-12-16-30-60(56)62/h9-32,39-40,49-50,61-62,65-68,79-80H,33-38,41-46H2,1-8H3,(H,81,93)(H,82,94). The van der Waals surface area contributed by atoms with Crippen molar-refractivity contribution in [2.75, 3.05) is 39.9 Å². The Morgan fingerprint density at radius 2 is 0.735 bits per heavy atom. The van der Waals surface area contributed by atoms with E-state index in [1.54, 1.807) is 0 Å². The van der Waals surface area contributed by atoms with Crippen LogP contribution in [0.1, 0.15) is 126 Å². The molecule has 2 atom stereocenters. The topological polar surface area (TPSA) is 202 Å². The van der Waals surface area contributed by atoms with Crippen molar-refractivity contribution in [1.82, 2.24) is 59.8 Å². The average molecular weight is 1320 g/mol. The van der Waals surface area contributed by atoms with Gasteiger partial charge in [0, 0.05) is 93.1 Å². The summed E-state index contributed by atoms with van der Waals surface area (Å²) in [5, 5.41) is 8.08. The monoisotopic (exact) mass is 1320 g/mol. The van der Waals surface area contributed by atoms with Crippen LogP contribution < -0.4 is 10.6 Å². The first-order valence-corrected chi connectivity index (χ1v) is 34.7. The highest BCUT2D eigenvalue weighted by atomic mass is 16.6. The van der Waals surface area contributed by atoms with Crippen LogP contribution in [0.25, 0.3) is 44.1 Å². The van der Waals surface area contributed by atoms with Crippen LogP contribution in [0, 0.1) is 0 Å². The van der Waals surface area contributed by atoms with Gasteiger partial charge in [0.15, 0.2) is 12.3 Å². The molecule has 8 heterocycles. The highest BCUT2D eigenvalue weighted by Crippen LogP contribution is 2.50. The number of amides is 8. The van der Waals surface area contributed by atoms with E-state index in [0.717, 1.165) is 77.4 Å². The minimum Gasteiger partial charge on any atom is -0.449 e. The van der Waals surface area contributed by atoms with Crippen LogP contribution >= 0.6 is 0 Å². The predicted octanol–water partition coefficient (Wildman–Crippen LogP) is 11.9. The van der Waals surface area contributed by atoms with Crippen LogP contribution in [0.5, 0.6) is 0 Å². The number of nitrogens with one attached hydrogen (secondary N) is 4. The van der Waals surface area contributed by atoms with Gasteiger partial charge in [-0.05, 0) is 149 Å². The molecule has 98 heavy (non-hydrogen) atoms. The van der Waals surface area contributed by atoms with E-state index in [1.807, 2.05) is 139 Å². The van der Waals surface area contributed by atoms with Gasteiger partial charge in [0.1, 0.15) is 25.3 Å². The number of urea groups is 2. The SMILES string of the molecule is CC1(C)CC(N2CN3C(=O)N4CN(C5CC(C)(C)N(C(=O)C(Cc6c[nH]c7ccccc67)NC(=O)OCC6c7ccccc7-c7ccccc76)C(C)(C)C5)CN5C(=O)N(C2)C3C45)CC(C)(C)N1C(=O)C(Cc1c[nH]c2ccccc12)NC(=O)OCC1c2ccccc2-c2ccccc21. The minimum absolute atomic E-state index is 0.102. The Balaban J connectivity index is 0.598. The molecule has 16 rings (SSSR count). The van der Waals surface area contributed by atoms with E-state index in [1.165, 1.54) is 0 Å². The van der Waals surface area contributed by atoms with Crippen molar-refractivity contribution in [2.45, 2.75) is 164 Å². The molecule has 0 radical (unpaired) electrons. The molecule has 20 nitrogen and oxygen atoms in total. The van der Waals surface area contributed by atoms with E-state index in [0.29, 0.717) is 52.4 Å². The summed E-state index contributed by atoms with van der Waals surface area (Å²) in [7, 11) is 0. The molecule has 0 spiro atoms. The predicted molar refractivity (Wildman–Crippen MR) is 373 cm³/mol. The number of H-pyrrole nitrogens is 2. The minimum atomic E-state index is -0.980. The maximum Gasteiger partial charge on any atom is 0.407 e. The number of piperidine rings is 2. The molecule has 2 unspecified atom stereocenters. The maximum absolute atomic E-state index is 15.6. The van der Waals surface area contributed by atoms with Crippen molar-refractivity contribution in [3.63, 3.8) is 0 Å². The van der Waals surface area contributed by atoms with Crippen molar-refractivity contribution in [2.24, 2.45) is 0 Å². The first kappa shape index (κ1) is 63.1. The fourth-order valence-corrected chi connectivity index (χ4v) is 19.2. The number of aromatic amines is 2. The van der Waals surface area contributed by atoms with Crippen molar-refractivity contribution in [3.05, 3.63) is 191 Å². The zero-order chi connectivity index (χ0) is 67.9. The Labute approximate surface area is 571 Å². The summed E-state index contributed by atoms with van der Waals surface area (Å²) in [5.41, 5.74) is 9.52. The zero-order valence-electron chi connectivity index (χ0n) is 57.0. The van der Waals surface area contributed by atoms with E-state index in [9.17, 15) is 9.59 Å². The fraction of sp³-hybridized carbons (Fsp3) is 0.410. The number of nitrogens with zero attached hydrogens (tertiary/aromatic N) is 8. The number of fused-ring (bicyclic) bond motifs is 8. The molecular formula is C78H86N12O8. The van der Waals surface area contributed by atoms with E-state index >= 15 is 19.2 Å². The lowest BCUT2D eigenvalue weighted by molar-refractivity contribution is -0.159. The van der Waals surface area contributed by atoms with Gasteiger partial charge in [0.2, 0.25) is 11.8 Å². The Kier molecular flexibility index (Phi) is 15.2. The fourth-order valence-electron chi connectivity index (χ4n) is 19.2. The van der Waals surface area contributed by atoms with Crippen molar-refractivity contribution in [3.8, 4) is 22.3 Å². The highest BCUT2D eigenvalue weighted by molar-refractivity contribution is 5.92. The average Bonchev–Trinajstić information content (AvgIpc) is 1.39. The molecule has 2 aliphatic carbocycles. The van der Waals surface area contributed by atoms with E-state index < -0.39 is 58.8 Å². The highest BCUT2D eigenvalue weighted by Gasteiger charge is 2.65. The van der Waals surface area contributed by atoms with Crippen LogP contribution in [-0.4, -0.2) is 184 Å². The summed E-state index contributed by atoms with van der Waals surface area (Å²) in [4.78, 5) is 113. The van der Waals surface area contributed by atoms with E-state index in [-0.39, 0.29) is 73.9 Å². The Bertz CT molecular complexity index is 4090. The van der Waals surface area contributed by atoms with Crippen LogP contribution in [0.15, 0.2) is 158 Å². The van der Waals surface area contributed by atoms with Crippen molar-refractivity contribution >= 4 is 57.9 Å². The number of carbonyl (C=O) groups is 6. The summed E-state index contributed by atoms with van der Waals surface area (Å²) >= 11 is 0. The number of carbonyl (C=O) groups excluding carboxylic acids is 6. The van der Waals surface area contributed by atoms with Gasteiger partial charge >= 0.3 is 24.2 Å². The number of rotatable bonds is 14. The third kappa shape index (κ3) is 10.5. The lowest BCUT2D eigenvalue weighted by Gasteiger charge is -2.59. The number of para-hydroxylation sites is 2. The van der Waals surface area contributed by atoms with Gasteiger partial charge in [-0.2, -0.15) is 0 Å². The summed E-state index contributed by atoms with van der Waals surface area (Å²) in [5.74, 6) is -0.763. The van der Waals surface area contributed by atoms with Gasteiger partial charge in [-0.15, -0.1) is 0 Å². The van der Waals surface area contributed by atoms with Gasteiger partial charge in [-0.3, -0.25) is 39.0 Å². The largest absolute Gasteiger partial charge is 0.449 e. The third-order valence-corrected chi connectivity index (χ3v) is 22.8. The van der Waals surface area contributed by atoms with Crippen LogP contribution in [0.2, 0.25) is 0 Å². The molecule has 6 saturated heterocycles. The number of hydrogen-bond acceptors (Lipinski definition) is 10. The second-order valence-electron chi connectivity index (χ2n) is 30.9. The van der Waals surface area contributed by atoms with Crippen molar-refractivity contribution < 1.29 is 38.2 Å². The number of alkyl carbamates (subject to hydrolysis) is 2. The molecule has 20 heteroatoms. The molecule has 0 bridgehead atoms. The maximum atomic E-state index is 15.6.